The maximum Gasteiger partial charge on any atom is 0.251 e. The summed E-state index contributed by atoms with van der Waals surface area (Å²) in [6.45, 7) is 5.34. The Hall–Kier alpha value is -2.69. The van der Waals surface area contributed by atoms with E-state index < -0.39 is 0 Å². The lowest BCUT2D eigenvalue weighted by molar-refractivity contribution is 0.0925. The van der Waals surface area contributed by atoms with Crippen LogP contribution >= 0.6 is 0 Å². The molecule has 2 aromatic carbocycles. The van der Waals surface area contributed by atoms with Crippen LogP contribution in [-0.2, 0) is 0 Å². The minimum atomic E-state index is -0.159. The second kappa shape index (κ2) is 7.25. The fourth-order valence-corrected chi connectivity index (χ4v) is 2.47. The number of rotatable bonds is 5. The lowest BCUT2D eigenvalue weighted by Gasteiger charge is -2.19. The first kappa shape index (κ1) is 16.2. The van der Waals surface area contributed by atoms with Gasteiger partial charge in [-0.05, 0) is 43.7 Å². The third kappa shape index (κ3) is 3.79. The Morgan fingerprint density at radius 2 is 1.92 bits per heavy atom. The van der Waals surface area contributed by atoms with Crippen molar-refractivity contribution in [2.45, 2.75) is 19.9 Å². The fraction of sp³-hybridized carbons (Fsp3) is 0.316. The zero-order chi connectivity index (χ0) is 16.9. The molecule has 0 aliphatic carbocycles. The van der Waals surface area contributed by atoms with Gasteiger partial charge in [0.2, 0.25) is 0 Å². The summed E-state index contributed by atoms with van der Waals surface area (Å²) in [5, 5.41) is 2.93. The van der Waals surface area contributed by atoms with E-state index in [0.29, 0.717) is 36.9 Å². The van der Waals surface area contributed by atoms with Crippen LogP contribution in [-0.4, -0.2) is 31.8 Å². The minimum absolute atomic E-state index is 0.120. The van der Waals surface area contributed by atoms with Gasteiger partial charge in [-0.1, -0.05) is 18.2 Å². The Kier molecular flexibility index (Phi) is 4.89. The van der Waals surface area contributed by atoms with Crippen molar-refractivity contribution in [2.75, 3.05) is 19.8 Å². The fourth-order valence-electron chi connectivity index (χ4n) is 2.47. The second-order valence-electron chi connectivity index (χ2n) is 5.81. The van der Waals surface area contributed by atoms with Crippen LogP contribution in [0.2, 0.25) is 0 Å². The summed E-state index contributed by atoms with van der Waals surface area (Å²) in [5.74, 6) is 1.96. The number of fused-ring (bicyclic) bond motifs is 1. The van der Waals surface area contributed by atoms with Crippen LogP contribution in [0.5, 0.6) is 17.2 Å². The molecule has 0 saturated carbocycles. The molecule has 1 N–H and O–H groups in total. The highest BCUT2D eigenvalue weighted by Crippen LogP contribution is 2.30. The number of hydrogen-bond acceptors (Lipinski definition) is 4. The second-order valence-corrected chi connectivity index (χ2v) is 5.81. The van der Waals surface area contributed by atoms with Gasteiger partial charge in [-0.15, -0.1) is 0 Å². The van der Waals surface area contributed by atoms with E-state index in [0.717, 1.165) is 11.3 Å². The molecule has 126 valence electrons. The molecule has 1 heterocycles. The first-order valence-electron chi connectivity index (χ1n) is 8.02. The highest BCUT2D eigenvalue weighted by molar-refractivity contribution is 5.95. The Morgan fingerprint density at radius 1 is 1.17 bits per heavy atom. The van der Waals surface area contributed by atoms with E-state index in [1.54, 1.807) is 18.2 Å². The Labute approximate surface area is 141 Å². The van der Waals surface area contributed by atoms with Crippen LogP contribution in [0.4, 0.5) is 0 Å². The van der Waals surface area contributed by atoms with Crippen molar-refractivity contribution < 1.29 is 19.0 Å². The van der Waals surface area contributed by atoms with Gasteiger partial charge in [-0.25, -0.2) is 0 Å². The Bertz CT molecular complexity index is 729. The van der Waals surface area contributed by atoms with Crippen LogP contribution in [0.15, 0.2) is 42.5 Å². The molecule has 1 aliphatic heterocycles. The topological polar surface area (TPSA) is 56.8 Å². The standard InChI is InChI=1S/C19H21NO4/c1-13-5-3-4-6-16(13)24-12-14(2)20-19(21)15-7-8-17-18(11-15)23-10-9-22-17/h3-8,11,14H,9-10,12H2,1-2H3,(H,20,21)/t14-/m0/s1. The lowest BCUT2D eigenvalue weighted by atomic mass is 10.1. The van der Waals surface area contributed by atoms with Gasteiger partial charge < -0.3 is 19.5 Å². The molecule has 1 aliphatic rings. The molecule has 3 rings (SSSR count). The zero-order valence-corrected chi connectivity index (χ0v) is 13.9. The van der Waals surface area contributed by atoms with Crippen LogP contribution in [0, 0.1) is 6.92 Å². The molecule has 0 bridgehead atoms. The molecule has 24 heavy (non-hydrogen) atoms. The van der Waals surface area contributed by atoms with E-state index in [9.17, 15) is 4.79 Å². The average molecular weight is 327 g/mol. The first-order valence-corrected chi connectivity index (χ1v) is 8.02. The molecule has 0 unspecified atom stereocenters. The highest BCUT2D eigenvalue weighted by atomic mass is 16.6. The summed E-state index contributed by atoms with van der Waals surface area (Å²) in [4.78, 5) is 12.4. The molecule has 5 nitrogen and oxygen atoms in total. The van der Waals surface area contributed by atoms with Crippen molar-refractivity contribution in [3.63, 3.8) is 0 Å². The number of carbonyl (C=O) groups excluding carboxylic acids is 1. The molecular formula is C19H21NO4. The first-order chi connectivity index (χ1) is 11.6. The molecule has 0 saturated heterocycles. The largest absolute Gasteiger partial charge is 0.491 e. The highest BCUT2D eigenvalue weighted by Gasteiger charge is 2.16. The predicted octanol–water partition coefficient (Wildman–Crippen LogP) is 2.96. The number of para-hydroxylation sites is 1. The molecule has 0 aromatic heterocycles. The molecular weight excluding hydrogens is 306 g/mol. The summed E-state index contributed by atoms with van der Waals surface area (Å²) in [7, 11) is 0. The number of carbonyl (C=O) groups is 1. The van der Waals surface area contributed by atoms with E-state index in [4.69, 9.17) is 14.2 Å². The van der Waals surface area contributed by atoms with Gasteiger partial charge in [-0.2, -0.15) is 0 Å². The summed E-state index contributed by atoms with van der Waals surface area (Å²) >= 11 is 0. The summed E-state index contributed by atoms with van der Waals surface area (Å²) in [6.07, 6.45) is 0. The van der Waals surface area contributed by atoms with Crippen molar-refractivity contribution in [1.82, 2.24) is 5.32 Å². The Morgan fingerprint density at radius 3 is 2.71 bits per heavy atom. The summed E-state index contributed by atoms with van der Waals surface area (Å²) < 4.78 is 16.7. The van der Waals surface area contributed by atoms with Crippen molar-refractivity contribution in [2.24, 2.45) is 0 Å². The molecule has 0 radical (unpaired) electrons. The summed E-state index contributed by atoms with van der Waals surface area (Å²) in [5.41, 5.74) is 1.62. The van der Waals surface area contributed by atoms with Gasteiger partial charge in [0.1, 0.15) is 25.6 Å². The number of hydrogen-bond donors (Lipinski definition) is 1. The van der Waals surface area contributed by atoms with Crippen LogP contribution in [0.25, 0.3) is 0 Å². The van der Waals surface area contributed by atoms with E-state index in [2.05, 4.69) is 5.32 Å². The molecule has 0 fully saturated rings. The molecule has 2 aromatic rings. The lowest BCUT2D eigenvalue weighted by Crippen LogP contribution is -2.36. The SMILES string of the molecule is Cc1ccccc1OC[C@H](C)NC(=O)c1ccc2c(c1)OCCO2. The molecule has 1 atom stereocenters. The minimum Gasteiger partial charge on any atom is -0.491 e. The van der Waals surface area contributed by atoms with E-state index in [-0.39, 0.29) is 11.9 Å². The monoisotopic (exact) mass is 327 g/mol. The van der Waals surface area contributed by atoms with Gasteiger partial charge in [-0.3, -0.25) is 4.79 Å². The quantitative estimate of drug-likeness (QED) is 0.917. The smallest absolute Gasteiger partial charge is 0.251 e. The van der Waals surface area contributed by atoms with Crippen LogP contribution < -0.4 is 19.5 Å². The van der Waals surface area contributed by atoms with Gasteiger partial charge in [0.25, 0.3) is 5.91 Å². The Balaban J connectivity index is 1.57. The van der Waals surface area contributed by atoms with E-state index >= 15 is 0 Å². The number of benzene rings is 2. The van der Waals surface area contributed by atoms with Crippen LogP contribution in [0.1, 0.15) is 22.8 Å². The number of aryl methyl sites for hydroxylation is 1. The van der Waals surface area contributed by atoms with Gasteiger partial charge >= 0.3 is 0 Å². The number of nitrogens with one attached hydrogen (secondary N) is 1. The molecule has 0 spiro atoms. The predicted molar refractivity (Wildman–Crippen MR) is 91.0 cm³/mol. The van der Waals surface area contributed by atoms with Crippen molar-refractivity contribution >= 4 is 5.91 Å². The van der Waals surface area contributed by atoms with Crippen LogP contribution in [0.3, 0.4) is 0 Å². The number of amides is 1. The molecule has 1 amide bonds. The van der Waals surface area contributed by atoms with Crippen molar-refractivity contribution in [3.8, 4) is 17.2 Å². The van der Waals surface area contributed by atoms with Crippen molar-refractivity contribution in [1.29, 1.82) is 0 Å². The number of ether oxygens (including phenoxy) is 3. The van der Waals surface area contributed by atoms with Gasteiger partial charge in [0.05, 0.1) is 6.04 Å². The zero-order valence-electron chi connectivity index (χ0n) is 13.9. The molecule has 5 heteroatoms. The third-order valence-corrected chi connectivity index (χ3v) is 3.76. The summed E-state index contributed by atoms with van der Waals surface area (Å²) in [6, 6.07) is 12.9. The average Bonchev–Trinajstić information content (AvgIpc) is 2.60. The van der Waals surface area contributed by atoms with Gasteiger partial charge in [0, 0.05) is 5.56 Å². The third-order valence-electron chi connectivity index (χ3n) is 3.76. The maximum atomic E-state index is 12.4. The normalized spacial score (nSPS) is 13.9. The van der Waals surface area contributed by atoms with Crippen molar-refractivity contribution in [3.05, 3.63) is 53.6 Å². The van der Waals surface area contributed by atoms with E-state index in [1.807, 2.05) is 38.1 Å². The van der Waals surface area contributed by atoms with E-state index in [1.165, 1.54) is 0 Å². The maximum absolute atomic E-state index is 12.4. The van der Waals surface area contributed by atoms with Gasteiger partial charge in [0.15, 0.2) is 11.5 Å².